The number of sulfonamides is 1. The Morgan fingerprint density at radius 1 is 0.773 bits per heavy atom. The zero-order valence-electron chi connectivity index (χ0n) is 24.2. The van der Waals surface area contributed by atoms with Gasteiger partial charge in [0.05, 0.1) is 15.6 Å². The van der Waals surface area contributed by atoms with Crippen molar-refractivity contribution in [1.82, 2.24) is 10.2 Å². The van der Waals surface area contributed by atoms with Crippen LogP contribution in [0.1, 0.15) is 25.0 Å². The fourth-order valence-electron chi connectivity index (χ4n) is 4.63. The predicted molar refractivity (Wildman–Crippen MR) is 177 cm³/mol. The molecule has 4 aromatic carbocycles. The van der Waals surface area contributed by atoms with E-state index >= 15 is 0 Å². The Balaban J connectivity index is 1.82. The molecule has 0 saturated carbocycles. The second kappa shape index (κ2) is 14.9. The Morgan fingerprint density at radius 3 is 1.98 bits per heavy atom. The molecule has 0 aliphatic carbocycles. The Hall–Kier alpha value is -3.56. The van der Waals surface area contributed by atoms with Crippen LogP contribution >= 0.6 is 34.8 Å². The molecule has 44 heavy (non-hydrogen) atoms. The van der Waals surface area contributed by atoms with Crippen LogP contribution in [0.25, 0.3) is 0 Å². The zero-order chi connectivity index (χ0) is 31.9. The molecule has 0 aliphatic heterocycles. The molecule has 0 saturated heterocycles. The summed E-state index contributed by atoms with van der Waals surface area (Å²) in [6.45, 7) is 3.03. The summed E-state index contributed by atoms with van der Waals surface area (Å²) in [5.74, 6) is -0.986. The number of amides is 2. The van der Waals surface area contributed by atoms with Crippen molar-refractivity contribution in [3.8, 4) is 0 Å². The van der Waals surface area contributed by atoms with E-state index in [4.69, 9.17) is 34.8 Å². The first-order chi connectivity index (χ1) is 21.0. The summed E-state index contributed by atoms with van der Waals surface area (Å²) in [6, 6.07) is 27.2. The largest absolute Gasteiger partial charge is 0.352 e. The first kappa shape index (κ1) is 33.3. The Bertz CT molecular complexity index is 1690. The van der Waals surface area contributed by atoms with Crippen molar-refractivity contribution in [3.05, 3.63) is 129 Å². The molecule has 0 bridgehead atoms. The van der Waals surface area contributed by atoms with E-state index in [2.05, 4.69) is 5.32 Å². The maximum Gasteiger partial charge on any atom is 0.264 e. The highest BCUT2D eigenvalue weighted by atomic mass is 35.5. The lowest BCUT2D eigenvalue weighted by Crippen LogP contribution is -2.54. The van der Waals surface area contributed by atoms with Crippen LogP contribution in [0.15, 0.2) is 108 Å². The van der Waals surface area contributed by atoms with Crippen LogP contribution in [-0.2, 0) is 32.6 Å². The number of hydrogen-bond acceptors (Lipinski definition) is 4. The molecule has 7 nitrogen and oxygen atoms in total. The third kappa shape index (κ3) is 8.54. The minimum absolute atomic E-state index is 0.0154. The lowest BCUT2D eigenvalue weighted by Gasteiger charge is -2.34. The van der Waals surface area contributed by atoms with E-state index in [0.29, 0.717) is 10.6 Å². The lowest BCUT2D eigenvalue weighted by atomic mass is 10.0. The van der Waals surface area contributed by atoms with Gasteiger partial charge in [-0.05, 0) is 67.4 Å². The van der Waals surface area contributed by atoms with Crippen molar-refractivity contribution in [2.45, 2.75) is 43.8 Å². The molecule has 0 spiro atoms. The van der Waals surface area contributed by atoms with Crippen LogP contribution in [0.2, 0.25) is 15.1 Å². The summed E-state index contributed by atoms with van der Waals surface area (Å²) in [5, 5.41) is 3.77. The summed E-state index contributed by atoms with van der Waals surface area (Å²) in [6.07, 6.45) is 0.197. The van der Waals surface area contributed by atoms with Gasteiger partial charge in [0.1, 0.15) is 12.6 Å². The van der Waals surface area contributed by atoms with E-state index in [-0.39, 0.29) is 45.5 Å². The van der Waals surface area contributed by atoms with Crippen molar-refractivity contribution >= 4 is 62.3 Å². The maximum absolute atomic E-state index is 14.4. The second-order valence-electron chi connectivity index (χ2n) is 10.4. The van der Waals surface area contributed by atoms with Gasteiger partial charge in [0, 0.05) is 29.1 Å². The molecule has 230 valence electrons. The number of anilines is 1. The van der Waals surface area contributed by atoms with Crippen LogP contribution in [0.5, 0.6) is 0 Å². The highest BCUT2D eigenvalue weighted by Crippen LogP contribution is 2.33. The predicted octanol–water partition coefficient (Wildman–Crippen LogP) is 7.01. The molecule has 0 aliphatic rings. The normalized spacial score (nSPS) is 12.0. The van der Waals surface area contributed by atoms with Gasteiger partial charge < -0.3 is 10.2 Å². The Morgan fingerprint density at radius 2 is 1.36 bits per heavy atom. The molecular formula is C33H32Cl3N3O4S. The molecule has 0 unspecified atom stereocenters. The lowest BCUT2D eigenvalue weighted by molar-refractivity contribution is -0.140. The van der Waals surface area contributed by atoms with Gasteiger partial charge in [-0.1, -0.05) is 95.5 Å². The molecule has 0 aromatic heterocycles. The van der Waals surface area contributed by atoms with Crippen molar-refractivity contribution in [1.29, 1.82) is 0 Å². The van der Waals surface area contributed by atoms with Gasteiger partial charge in [0.25, 0.3) is 10.0 Å². The van der Waals surface area contributed by atoms with Crippen molar-refractivity contribution in [3.63, 3.8) is 0 Å². The highest BCUT2D eigenvalue weighted by molar-refractivity contribution is 7.92. The van der Waals surface area contributed by atoms with Gasteiger partial charge in [-0.25, -0.2) is 8.42 Å². The number of nitrogens with one attached hydrogen (secondary N) is 1. The number of carbonyl (C=O) groups is 2. The van der Waals surface area contributed by atoms with E-state index in [1.165, 1.54) is 35.2 Å². The van der Waals surface area contributed by atoms with Crippen LogP contribution in [0, 0.1) is 0 Å². The van der Waals surface area contributed by atoms with Gasteiger partial charge in [0.15, 0.2) is 0 Å². The van der Waals surface area contributed by atoms with E-state index < -0.39 is 28.5 Å². The molecule has 0 heterocycles. The average molecular weight is 673 g/mol. The molecule has 0 fully saturated rings. The monoisotopic (exact) mass is 671 g/mol. The smallest absolute Gasteiger partial charge is 0.264 e. The summed E-state index contributed by atoms with van der Waals surface area (Å²) in [4.78, 5) is 29.5. The van der Waals surface area contributed by atoms with Crippen LogP contribution in [0.3, 0.4) is 0 Å². The number of hydrogen-bond donors (Lipinski definition) is 1. The first-order valence-electron chi connectivity index (χ1n) is 13.9. The van der Waals surface area contributed by atoms with Gasteiger partial charge >= 0.3 is 0 Å². The fraction of sp³-hybridized carbons (Fsp3) is 0.212. The highest BCUT2D eigenvalue weighted by Gasteiger charge is 2.35. The molecular weight excluding hydrogens is 641 g/mol. The average Bonchev–Trinajstić information content (AvgIpc) is 3.00. The van der Waals surface area contributed by atoms with E-state index in [0.717, 1.165) is 9.87 Å². The number of nitrogens with zero attached hydrogens (tertiary/aromatic N) is 2. The minimum Gasteiger partial charge on any atom is -0.352 e. The van der Waals surface area contributed by atoms with Crippen LogP contribution in [0.4, 0.5) is 5.69 Å². The molecule has 4 rings (SSSR count). The standard InChI is InChI=1S/C33H32Cl3N3O4S/c1-23(2)37-33(41)31(19-24-9-5-3-6-10-24)38(21-25-13-15-26(34)16-14-25)32(40)22-39(30-20-27(35)17-18-29(30)36)44(42,43)28-11-7-4-8-12-28/h3-18,20,23,31H,19,21-22H2,1-2H3,(H,37,41)/t31-/m1/s1. The van der Waals surface area contributed by atoms with Gasteiger partial charge in [0.2, 0.25) is 11.8 Å². The SMILES string of the molecule is CC(C)NC(=O)[C@@H](Cc1ccccc1)N(Cc1ccc(Cl)cc1)C(=O)CN(c1cc(Cl)ccc1Cl)S(=O)(=O)c1ccccc1. The minimum atomic E-state index is -4.30. The van der Waals surface area contributed by atoms with E-state index in [9.17, 15) is 18.0 Å². The summed E-state index contributed by atoms with van der Waals surface area (Å²) in [5.41, 5.74) is 1.57. The molecule has 0 radical (unpaired) electrons. The molecule has 1 atom stereocenters. The number of benzene rings is 4. The molecule has 2 amide bonds. The Labute approximate surface area is 273 Å². The third-order valence-corrected chi connectivity index (χ3v) is 9.34. The summed E-state index contributed by atoms with van der Waals surface area (Å²) >= 11 is 18.9. The molecule has 1 N–H and O–H groups in total. The van der Waals surface area contributed by atoms with Crippen LogP contribution < -0.4 is 9.62 Å². The topological polar surface area (TPSA) is 86.8 Å². The fourth-order valence-corrected chi connectivity index (χ4v) is 6.64. The third-order valence-electron chi connectivity index (χ3n) is 6.76. The molecule has 4 aromatic rings. The van der Waals surface area contributed by atoms with Crippen molar-refractivity contribution < 1.29 is 18.0 Å². The first-order valence-corrected chi connectivity index (χ1v) is 16.4. The van der Waals surface area contributed by atoms with Crippen molar-refractivity contribution in [2.24, 2.45) is 0 Å². The number of carbonyl (C=O) groups excluding carboxylic acids is 2. The van der Waals surface area contributed by atoms with Gasteiger partial charge in [-0.15, -0.1) is 0 Å². The molecule has 11 heteroatoms. The summed E-state index contributed by atoms with van der Waals surface area (Å²) < 4.78 is 29.0. The maximum atomic E-state index is 14.4. The van der Waals surface area contributed by atoms with E-state index in [1.54, 1.807) is 42.5 Å². The summed E-state index contributed by atoms with van der Waals surface area (Å²) in [7, 11) is -4.30. The number of rotatable bonds is 12. The second-order valence-corrected chi connectivity index (χ2v) is 13.6. The number of halogens is 3. The van der Waals surface area contributed by atoms with Crippen LogP contribution in [-0.4, -0.2) is 43.8 Å². The van der Waals surface area contributed by atoms with Crippen molar-refractivity contribution in [2.75, 3.05) is 10.8 Å². The van der Waals surface area contributed by atoms with E-state index in [1.807, 2.05) is 44.2 Å². The van der Waals surface area contributed by atoms with Gasteiger partial charge in [-0.3, -0.25) is 13.9 Å². The zero-order valence-corrected chi connectivity index (χ0v) is 27.2. The quantitative estimate of drug-likeness (QED) is 0.176. The Kier molecular flexibility index (Phi) is 11.3. The van der Waals surface area contributed by atoms with Gasteiger partial charge in [-0.2, -0.15) is 0 Å².